The molecule has 158 valence electrons. The Kier molecular flexibility index (Phi) is 6.06. The van der Waals surface area contributed by atoms with Crippen LogP contribution in [0.1, 0.15) is 38.2 Å². The fraction of sp³-hybridized carbons (Fsp3) is 0.333. The van der Waals surface area contributed by atoms with Gasteiger partial charge in [-0.1, -0.05) is 44.2 Å². The molecule has 1 N–H and O–H groups in total. The van der Waals surface area contributed by atoms with Crippen LogP contribution in [0.25, 0.3) is 11.3 Å². The molecule has 2 aromatic heterocycles. The van der Waals surface area contributed by atoms with Crippen LogP contribution in [0.4, 0.5) is 5.13 Å². The Morgan fingerprint density at radius 1 is 1.20 bits per heavy atom. The maximum absolute atomic E-state index is 12.9. The molecule has 1 atom stereocenters. The number of aromatic nitrogens is 1. The van der Waals surface area contributed by atoms with E-state index in [1.807, 2.05) is 17.5 Å². The van der Waals surface area contributed by atoms with Gasteiger partial charge in [0.15, 0.2) is 5.13 Å². The van der Waals surface area contributed by atoms with Crippen molar-refractivity contribution in [2.75, 3.05) is 11.9 Å². The Bertz CT molecular complexity index is 1120. The fourth-order valence-corrected chi connectivity index (χ4v) is 7.01. The van der Waals surface area contributed by atoms with Crippen LogP contribution >= 0.6 is 22.7 Å². The van der Waals surface area contributed by atoms with Crippen molar-refractivity contribution >= 4 is 43.7 Å². The number of thiazole rings is 1. The van der Waals surface area contributed by atoms with E-state index in [-0.39, 0.29) is 10.1 Å². The Labute approximate surface area is 184 Å². The summed E-state index contributed by atoms with van der Waals surface area (Å²) >= 11 is 2.51. The molecular weight excluding hydrogens is 438 g/mol. The number of nitrogens with one attached hydrogen (secondary N) is 1. The lowest BCUT2D eigenvalue weighted by molar-refractivity contribution is -0.119. The Hall–Kier alpha value is -2.07. The summed E-state index contributed by atoms with van der Waals surface area (Å²) in [4.78, 5) is 17.4. The van der Waals surface area contributed by atoms with Gasteiger partial charge < -0.3 is 5.32 Å². The molecule has 1 amide bonds. The molecule has 0 spiro atoms. The van der Waals surface area contributed by atoms with Crippen LogP contribution in [0.3, 0.4) is 0 Å². The van der Waals surface area contributed by atoms with Crippen molar-refractivity contribution in [3.8, 4) is 11.3 Å². The van der Waals surface area contributed by atoms with Crippen LogP contribution in [0.2, 0.25) is 0 Å². The zero-order valence-electron chi connectivity index (χ0n) is 16.7. The summed E-state index contributed by atoms with van der Waals surface area (Å²) in [7, 11) is -3.66. The third kappa shape index (κ3) is 4.20. The number of rotatable bonds is 6. The maximum atomic E-state index is 12.9. The second-order valence-corrected chi connectivity index (χ2v) is 11.4. The minimum atomic E-state index is -3.66. The summed E-state index contributed by atoms with van der Waals surface area (Å²) in [5.74, 6) is 0.132. The molecule has 3 heterocycles. The lowest BCUT2D eigenvalue weighted by Gasteiger charge is -2.22. The van der Waals surface area contributed by atoms with E-state index in [4.69, 9.17) is 0 Å². The van der Waals surface area contributed by atoms with E-state index in [0.717, 1.165) is 11.3 Å². The molecule has 0 radical (unpaired) electrons. The first-order chi connectivity index (χ1) is 14.4. The topological polar surface area (TPSA) is 79.4 Å². The van der Waals surface area contributed by atoms with E-state index in [2.05, 4.69) is 36.3 Å². The molecule has 1 fully saturated rings. The summed E-state index contributed by atoms with van der Waals surface area (Å²) in [5.41, 5.74) is 3.04. The van der Waals surface area contributed by atoms with Crippen LogP contribution in [-0.4, -0.2) is 36.2 Å². The van der Waals surface area contributed by atoms with E-state index < -0.39 is 16.1 Å². The SMILES string of the molecule is CC(C)c1ccc(-c2csc(NC(=O)C3CCCN3S(=O)(=O)c3cccs3)n2)cc1. The van der Waals surface area contributed by atoms with E-state index in [0.29, 0.717) is 30.4 Å². The number of sulfonamides is 1. The summed E-state index contributed by atoms with van der Waals surface area (Å²) in [6.07, 6.45) is 1.17. The predicted molar refractivity (Wildman–Crippen MR) is 122 cm³/mol. The Balaban J connectivity index is 1.48. The van der Waals surface area contributed by atoms with Gasteiger partial charge in [-0.05, 0) is 35.8 Å². The van der Waals surface area contributed by atoms with Gasteiger partial charge in [-0.3, -0.25) is 4.79 Å². The van der Waals surface area contributed by atoms with E-state index in [1.54, 1.807) is 17.5 Å². The lowest BCUT2D eigenvalue weighted by Crippen LogP contribution is -2.42. The lowest BCUT2D eigenvalue weighted by atomic mass is 10.0. The third-order valence-electron chi connectivity index (χ3n) is 5.17. The van der Waals surface area contributed by atoms with Gasteiger partial charge in [-0.15, -0.1) is 22.7 Å². The van der Waals surface area contributed by atoms with Crippen LogP contribution in [0.15, 0.2) is 51.4 Å². The summed E-state index contributed by atoms with van der Waals surface area (Å²) in [6.45, 7) is 4.65. The number of amides is 1. The summed E-state index contributed by atoms with van der Waals surface area (Å²) in [6, 6.07) is 10.8. The molecule has 30 heavy (non-hydrogen) atoms. The van der Waals surface area contributed by atoms with Crippen LogP contribution in [0.5, 0.6) is 0 Å². The van der Waals surface area contributed by atoms with Crippen molar-refractivity contribution in [1.29, 1.82) is 0 Å². The minimum Gasteiger partial charge on any atom is -0.301 e. The second kappa shape index (κ2) is 8.58. The first kappa shape index (κ1) is 21.2. The summed E-state index contributed by atoms with van der Waals surface area (Å²) < 4.78 is 27.3. The standard InChI is InChI=1S/C21H23N3O3S3/c1-14(2)15-7-9-16(10-8-15)17-13-29-21(22-17)23-20(25)18-5-3-11-24(18)30(26,27)19-6-4-12-28-19/h4,6-10,12-14,18H,3,5,11H2,1-2H3,(H,22,23,25). The molecular formula is C21H23N3O3S3. The zero-order valence-corrected chi connectivity index (χ0v) is 19.2. The van der Waals surface area contributed by atoms with E-state index in [1.165, 1.54) is 32.5 Å². The minimum absolute atomic E-state index is 0.267. The largest absolute Gasteiger partial charge is 0.301 e. The van der Waals surface area contributed by atoms with Crippen molar-refractivity contribution < 1.29 is 13.2 Å². The van der Waals surface area contributed by atoms with Crippen LogP contribution in [0, 0.1) is 0 Å². The molecule has 1 aliphatic rings. The van der Waals surface area contributed by atoms with E-state index >= 15 is 0 Å². The second-order valence-electron chi connectivity index (χ2n) is 7.51. The molecule has 9 heteroatoms. The van der Waals surface area contributed by atoms with Gasteiger partial charge in [0.05, 0.1) is 5.69 Å². The molecule has 1 aromatic carbocycles. The van der Waals surface area contributed by atoms with Crippen LogP contribution < -0.4 is 5.32 Å². The Morgan fingerprint density at radius 3 is 2.63 bits per heavy atom. The van der Waals surface area contributed by atoms with Gasteiger partial charge >= 0.3 is 0 Å². The highest BCUT2D eigenvalue weighted by molar-refractivity contribution is 7.91. The molecule has 0 aliphatic carbocycles. The molecule has 1 unspecified atom stereocenters. The van der Waals surface area contributed by atoms with Crippen molar-refractivity contribution in [2.24, 2.45) is 0 Å². The number of benzene rings is 1. The van der Waals surface area contributed by atoms with Crippen LogP contribution in [-0.2, 0) is 14.8 Å². The van der Waals surface area contributed by atoms with Crippen molar-refractivity contribution in [2.45, 2.75) is 42.9 Å². The maximum Gasteiger partial charge on any atom is 0.253 e. The van der Waals surface area contributed by atoms with Gasteiger partial charge in [-0.2, -0.15) is 4.31 Å². The first-order valence-electron chi connectivity index (χ1n) is 9.78. The molecule has 1 saturated heterocycles. The van der Waals surface area contributed by atoms with Gasteiger partial charge in [0.25, 0.3) is 10.0 Å². The number of anilines is 1. The quantitative estimate of drug-likeness (QED) is 0.573. The molecule has 4 rings (SSSR count). The highest BCUT2D eigenvalue weighted by atomic mass is 32.2. The van der Waals surface area contributed by atoms with Gasteiger partial charge in [0.2, 0.25) is 5.91 Å². The molecule has 0 bridgehead atoms. The predicted octanol–water partition coefficient (Wildman–Crippen LogP) is 4.79. The van der Waals surface area contributed by atoms with Crippen molar-refractivity contribution in [3.63, 3.8) is 0 Å². The number of thiophene rings is 1. The number of hydrogen-bond donors (Lipinski definition) is 1. The van der Waals surface area contributed by atoms with Crippen molar-refractivity contribution in [1.82, 2.24) is 9.29 Å². The average molecular weight is 462 g/mol. The smallest absolute Gasteiger partial charge is 0.253 e. The Morgan fingerprint density at radius 2 is 1.97 bits per heavy atom. The normalized spacial score (nSPS) is 17.5. The van der Waals surface area contributed by atoms with Gasteiger partial charge in [0.1, 0.15) is 10.3 Å². The molecule has 1 aliphatic heterocycles. The summed E-state index contributed by atoms with van der Waals surface area (Å²) in [5, 5.41) is 6.91. The highest BCUT2D eigenvalue weighted by Crippen LogP contribution is 2.30. The monoisotopic (exact) mass is 461 g/mol. The molecule has 3 aromatic rings. The van der Waals surface area contributed by atoms with Gasteiger partial charge in [0, 0.05) is 17.5 Å². The van der Waals surface area contributed by atoms with Crippen molar-refractivity contribution in [3.05, 3.63) is 52.7 Å². The number of carbonyl (C=O) groups excluding carboxylic acids is 1. The number of carbonyl (C=O) groups is 1. The molecule has 6 nitrogen and oxygen atoms in total. The average Bonchev–Trinajstić information content (AvgIpc) is 3.49. The number of hydrogen-bond acceptors (Lipinski definition) is 6. The third-order valence-corrected chi connectivity index (χ3v) is 9.21. The molecule has 0 saturated carbocycles. The number of nitrogens with zero attached hydrogens (tertiary/aromatic N) is 2. The highest BCUT2D eigenvalue weighted by Gasteiger charge is 2.40. The van der Waals surface area contributed by atoms with Gasteiger partial charge in [-0.25, -0.2) is 13.4 Å². The first-order valence-corrected chi connectivity index (χ1v) is 13.0. The fourth-order valence-electron chi connectivity index (χ4n) is 3.51. The zero-order chi connectivity index (χ0) is 21.3. The van der Waals surface area contributed by atoms with E-state index in [9.17, 15) is 13.2 Å².